The quantitative estimate of drug-likeness (QED) is 0.340. The Bertz CT molecular complexity index is 1500. The van der Waals surface area contributed by atoms with E-state index in [-0.39, 0.29) is 23.9 Å². The number of allylic oxidation sites excluding steroid dienone is 3. The summed E-state index contributed by atoms with van der Waals surface area (Å²) in [7, 11) is -3.89. The van der Waals surface area contributed by atoms with Crippen LogP contribution in [0.2, 0.25) is 0 Å². The van der Waals surface area contributed by atoms with Gasteiger partial charge in [-0.25, -0.2) is 8.42 Å². The van der Waals surface area contributed by atoms with Crippen LogP contribution < -0.4 is 5.32 Å². The van der Waals surface area contributed by atoms with Crippen molar-refractivity contribution in [1.29, 1.82) is 5.26 Å². The molecule has 1 amide bonds. The Labute approximate surface area is 223 Å². The molecule has 1 aliphatic carbocycles. The summed E-state index contributed by atoms with van der Waals surface area (Å²) in [5.74, 6) is -0.0987. The number of anilines is 1. The first kappa shape index (κ1) is 26.7. The van der Waals surface area contributed by atoms with E-state index in [1.807, 2.05) is 12.1 Å². The lowest BCUT2D eigenvalue weighted by Crippen LogP contribution is -2.30. The summed E-state index contributed by atoms with van der Waals surface area (Å²) in [6.45, 7) is 7.71. The Hall–Kier alpha value is -4.32. The van der Waals surface area contributed by atoms with E-state index in [1.54, 1.807) is 60.8 Å². The van der Waals surface area contributed by atoms with Crippen molar-refractivity contribution in [1.82, 2.24) is 9.29 Å². The second kappa shape index (κ2) is 11.4. The molecular weight excluding hydrogens is 496 g/mol. The summed E-state index contributed by atoms with van der Waals surface area (Å²) in [6, 6.07) is 20.3. The number of hydrogen-bond donors (Lipinski definition) is 1. The normalized spacial score (nSPS) is 14.4. The van der Waals surface area contributed by atoms with E-state index in [2.05, 4.69) is 23.5 Å². The molecule has 4 rings (SSSR count). The van der Waals surface area contributed by atoms with Gasteiger partial charge in [0, 0.05) is 18.4 Å². The van der Waals surface area contributed by atoms with Gasteiger partial charge in [-0.1, -0.05) is 49.6 Å². The van der Waals surface area contributed by atoms with Crippen LogP contribution in [0.3, 0.4) is 0 Å². The van der Waals surface area contributed by atoms with E-state index < -0.39 is 15.4 Å². The number of aromatic nitrogens is 1. The number of nitrogens with zero attached hydrogens (tertiary/aromatic N) is 3. The van der Waals surface area contributed by atoms with Crippen LogP contribution in [0.15, 0.2) is 115 Å². The number of nitrogens with one attached hydrogen (secondary N) is 1. The molecule has 1 aliphatic rings. The molecule has 8 heteroatoms. The summed E-state index contributed by atoms with van der Waals surface area (Å²) >= 11 is 0. The fourth-order valence-corrected chi connectivity index (χ4v) is 5.62. The zero-order valence-electron chi connectivity index (χ0n) is 20.9. The Balaban J connectivity index is 1.54. The molecule has 1 heterocycles. The molecule has 0 bridgehead atoms. The molecule has 1 fully saturated rings. The number of amides is 1. The maximum absolute atomic E-state index is 13.6. The maximum Gasteiger partial charge on any atom is 0.243 e. The van der Waals surface area contributed by atoms with Crippen LogP contribution in [-0.2, 0) is 27.9 Å². The highest BCUT2D eigenvalue weighted by molar-refractivity contribution is 7.89. The van der Waals surface area contributed by atoms with Gasteiger partial charge in [0.25, 0.3) is 0 Å². The van der Waals surface area contributed by atoms with Crippen molar-refractivity contribution in [2.45, 2.75) is 30.8 Å². The predicted molar refractivity (Wildman–Crippen MR) is 147 cm³/mol. The first-order valence-electron chi connectivity index (χ1n) is 12.1. The van der Waals surface area contributed by atoms with Crippen molar-refractivity contribution in [3.8, 4) is 6.07 Å². The van der Waals surface area contributed by atoms with Crippen LogP contribution in [0.25, 0.3) is 0 Å². The lowest BCUT2D eigenvalue weighted by atomic mass is 9.94. The molecule has 0 saturated heterocycles. The second-order valence-corrected chi connectivity index (χ2v) is 11.0. The molecule has 7 nitrogen and oxygen atoms in total. The third-order valence-corrected chi connectivity index (χ3v) is 8.32. The van der Waals surface area contributed by atoms with E-state index >= 15 is 0 Å². The van der Waals surface area contributed by atoms with Crippen LogP contribution in [-0.4, -0.2) is 23.6 Å². The zero-order chi connectivity index (χ0) is 27.2. The van der Waals surface area contributed by atoms with Crippen molar-refractivity contribution in [2.24, 2.45) is 5.41 Å². The molecule has 1 N–H and O–H groups in total. The second-order valence-electron chi connectivity index (χ2n) is 9.03. The zero-order valence-corrected chi connectivity index (χ0v) is 21.7. The SMILES string of the molecule is C=C/C=C(\C=C)C1(C(=O)Nc2ccc(CN(Cc3ccccn3)S(=O)(=O)c3ccc(C#N)cc3)cc2)CC1. The first-order valence-corrected chi connectivity index (χ1v) is 13.5. The average Bonchev–Trinajstić information content (AvgIpc) is 3.75. The highest BCUT2D eigenvalue weighted by atomic mass is 32.2. The fraction of sp³-hybridized carbons (Fsp3) is 0.167. The minimum atomic E-state index is -3.89. The molecule has 192 valence electrons. The van der Waals surface area contributed by atoms with Gasteiger partial charge < -0.3 is 5.32 Å². The maximum atomic E-state index is 13.6. The molecular formula is C30H28N4O3S. The molecule has 0 aliphatic heterocycles. The lowest BCUT2D eigenvalue weighted by Gasteiger charge is -2.22. The van der Waals surface area contributed by atoms with Crippen molar-refractivity contribution in [3.05, 3.63) is 127 Å². The van der Waals surface area contributed by atoms with Crippen LogP contribution in [0.4, 0.5) is 5.69 Å². The fourth-order valence-electron chi connectivity index (χ4n) is 4.22. The smallest absolute Gasteiger partial charge is 0.243 e. The number of sulfonamides is 1. The molecule has 0 atom stereocenters. The molecule has 0 radical (unpaired) electrons. The number of nitriles is 1. The Kier molecular flexibility index (Phi) is 8.01. The predicted octanol–water partition coefficient (Wildman–Crippen LogP) is 5.36. The molecule has 1 saturated carbocycles. The van der Waals surface area contributed by atoms with E-state index in [0.29, 0.717) is 16.9 Å². The van der Waals surface area contributed by atoms with Gasteiger partial charge in [-0.2, -0.15) is 9.57 Å². The summed E-state index contributed by atoms with van der Waals surface area (Å²) in [5, 5.41) is 12.0. The summed E-state index contributed by atoms with van der Waals surface area (Å²) in [4.78, 5) is 17.4. The van der Waals surface area contributed by atoms with Crippen LogP contribution in [0.5, 0.6) is 0 Å². The van der Waals surface area contributed by atoms with E-state index in [0.717, 1.165) is 24.0 Å². The van der Waals surface area contributed by atoms with Crippen molar-refractivity contribution in [3.63, 3.8) is 0 Å². The van der Waals surface area contributed by atoms with E-state index in [1.165, 1.54) is 28.6 Å². The number of rotatable bonds is 11. The average molecular weight is 525 g/mol. The van der Waals surface area contributed by atoms with Gasteiger partial charge in [-0.3, -0.25) is 9.78 Å². The Morgan fingerprint density at radius 3 is 2.32 bits per heavy atom. The highest BCUT2D eigenvalue weighted by Crippen LogP contribution is 2.53. The Morgan fingerprint density at radius 1 is 1.05 bits per heavy atom. The monoisotopic (exact) mass is 524 g/mol. The van der Waals surface area contributed by atoms with E-state index in [4.69, 9.17) is 5.26 Å². The molecule has 38 heavy (non-hydrogen) atoms. The van der Waals surface area contributed by atoms with Crippen LogP contribution in [0, 0.1) is 16.7 Å². The van der Waals surface area contributed by atoms with Crippen molar-refractivity contribution >= 4 is 21.6 Å². The van der Waals surface area contributed by atoms with Gasteiger partial charge in [0.05, 0.1) is 34.2 Å². The molecule has 3 aromatic rings. The third-order valence-electron chi connectivity index (χ3n) is 6.51. The standard InChI is InChI=1S/C30H28N4O3S/c1-3-7-25(4-2)30(17-18-30)29(35)33-26-13-9-24(10-14-26)21-34(22-27-8-5-6-19-32-27)38(36,37)28-15-11-23(20-31)12-16-28/h3-16,19H,1-2,17-18,21-22H2,(H,33,35)/b25-7+. The van der Waals surface area contributed by atoms with E-state index in [9.17, 15) is 13.2 Å². The summed E-state index contributed by atoms with van der Waals surface area (Å²) < 4.78 is 28.5. The minimum absolute atomic E-state index is 0.0736. The van der Waals surface area contributed by atoms with Crippen LogP contribution >= 0.6 is 0 Å². The molecule has 1 aromatic heterocycles. The minimum Gasteiger partial charge on any atom is -0.325 e. The number of carbonyl (C=O) groups is 1. The number of benzene rings is 2. The molecule has 0 spiro atoms. The molecule has 2 aromatic carbocycles. The Morgan fingerprint density at radius 2 is 1.76 bits per heavy atom. The van der Waals surface area contributed by atoms with Crippen LogP contribution in [0.1, 0.15) is 29.7 Å². The van der Waals surface area contributed by atoms with Gasteiger partial charge in [0.15, 0.2) is 0 Å². The van der Waals surface area contributed by atoms with Gasteiger partial charge in [-0.05, 0) is 72.5 Å². The molecule has 0 unspecified atom stereocenters. The third kappa shape index (κ3) is 5.80. The number of hydrogen-bond acceptors (Lipinski definition) is 5. The summed E-state index contributed by atoms with van der Waals surface area (Å²) in [6.07, 6.45) is 8.28. The topological polar surface area (TPSA) is 103 Å². The largest absolute Gasteiger partial charge is 0.325 e. The van der Waals surface area contributed by atoms with Crippen molar-refractivity contribution in [2.75, 3.05) is 5.32 Å². The number of pyridine rings is 1. The highest BCUT2D eigenvalue weighted by Gasteiger charge is 2.51. The summed E-state index contributed by atoms with van der Waals surface area (Å²) in [5.41, 5.74) is 2.62. The van der Waals surface area contributed by atoms with Gasteiger partial charge in [-0.15, -0.1) is 0 Å². The number of carbonyl (C=O) groups excluding carboxylic acids is 1. The van der Waals surface area contributed by atoms with Gasteiger partial charge >= 0.3 is 0 Å². The first-order chi connectivity index (χ1) is 18.3. The van der Waals surface area contributed by atoms with Gasteiger partial charge in [0.1, 0.15) is 0 Å². The van der Waals surface area contributed by atoms with Crippen molar-refractivity contribution < 1.29 is 13.2 Å². The van der Waals surface area contributed by atoms with Gasteiger partial charge in [0.2, 0.25) is 15.9 Å². The lowest BCUT2D eigenvalue weighted by molar-refractivity contribution is -0.119.